The van der Waals surface area contributed by atoms with Crippen LogP contribution in [0.25, 0.3) is 11.0 Å². The van der Waals surface area contributed by atoms with E-state index in [1.165, 1.54) is 13.4 Å². The molecule has 14 heteroatoms. The maximum Gasteiger partial charge on any atom is 0.572 e. The number of rotatable bonds is 6. The van der Waals surface area contributed by atoms with Crippen LogP contribution in [-0.2, 0) is 4.74 Å². The zero-order valence-corrected chi connectivity index (χ0v) is 18.1. The number of amides is 1. The van der Waals surface area contributed by atoms with Crippen LogP contribution in [0.5, 0.6) is 0 Å². The number of anilines is 1. The summed E-state index contributed by atoms with van der Waals surface area (Å²) in [5.41, 5.74) is 0.175. The van der Waals surface area contributed by atoms with Crippen molar-refractivity contribution in [3.8, 4) is 0 Å². The largest absolute Gasteiger partial charge is 0.572 e. The summed E-state index contributed by atoms with van der Waals surface area (Å²) in [5, 5.41) is 29.8. The van der Waals surface area contributed by atoms with Crippen molar-refractivity contribution in [2.75, 3.05) is 18.9 Å². The normalized spacial score (nSPS) is 25.6. The number of nitrogens with zero attached hydrogens (tertiary/aromatic N) is 4. The number of halogens is 4. The number of H-pyrrole nitrogens is 1. The van der Waals surface area contributed by atoms with Crippen LogP contribution in [0.1, 0.15) is 42.6 Å². The Morgan fingerprint density at radius 2 is 2.06 bits per heavy atom. The van der Waals surface area contributed by atoms with Crippen LogP contribution in [0, 0.1) is 0 Å². The number of carbonyl (C=O) groups excluding carboxylic acids is 1. The first-order valence-electron chi connectivity index (χ1n) is 10.7. The van der Waals surface area contributed by atoms with Crippen molar-refractivity contribution in [2.45, 2.75) is 62.9 Å². The van der Waals surface area contributed by atoms with Gasteiger partial charge in [-0.15, -0.1) is 13.2 Å². The van der Waals surface area contributed by atoms with Gasteiger partial charge in [-0.25, -0.2) is 14.4 Å². The van der Waals surface area contributed by atoms with Gasteiger partial charge in [-0.3, -0.25) is 9.89 Å². The fourth-order valence-electron chi connectivity index (χ4n) is 4.32. The van der Waals surface area contributed by atoms with Gasteiger partial charge in [-0.2, -0.15) is 5.10 Å². The topological polar surface area (TPSA) is 136 Å². The molecule has 1 amide bonds. The summed E-state index contributed by atoms with van der Waals surface area (Å²) in [4.78, 5) is 22.5. The van der Waals surface area contributed by atoms with Gasteiger partial charge >= 0.3 is 6.36 Å². The highest BCUT2D eigenvalue weighted by Gasteiger charge is 2.36. The van der Waals surface area contributed by atoms with Crippen molar-refractivity contribution in [1.29, 1.82) is 0 Å². The maximum atomic E-state index is 13.9. The lowest BCUT2D eigenvalue weighted by Gasteiger charge is -2.27. The van der Waals surface area contributed by atoms with E-state index in [0.29, 0.717) is 12.8 Å². The molecule has 186 valence electrons. The molecule has 4 rings (SSSR count). The van der Waals surface area contributed by atoms with Crippen molar-refractivity contribution < 1.29 is 37.3 Å². The third kappa shape index (κ3) is 5.06. The lowest BCUT2D eigenvalue weighted by atomic mass is 9.95. The minimum atomic E-state index is -4.92. The average molecular weight is 488 g/mol. The van der Waals surface area contributed by atoms with E-state index >= 15 is 0 Å². The Morgan fingerprint density at radius 1 is 1.29 bits per heavy atom. The van der Waals surface area contributed by atoms with Gasteiger partial charge in [0.1, 0.15) is 24.1 Å². The number of alkyl halides is 4. The highest BCUT2D eigenvalue weighted by Crippen LogP contribution is 2.33. The van der Waals surface area contributed by atoms with Crippen LogP contribution in [0.4, 0.5) is 23.4 Å². The molecule has 0 radical (unpaired) electrons. The first-order valence-corrected chi connectivity index (χ1v) is 10.7. The molecule has 2 heterocycles. The summed E-state index contributed by atoms with van der Waals surface area (Å²) in [6.45, 7) is -0.289. The summed E-state index contributed by atoms with van der Waals surface area (Å²) in [6.07, 6.45) is -6.67. The van der Waals surface area contributed by atoms with Crippen LogP contribution in [-0.4, -0.2) is 85.6 Å². The molecule has 0 aliphatic heterocycles. The van der Waals surface area contributed by atoms with Crippen molar-refractivity contribution in [2.24, 2.45) is 0 Å². The fourth-order valence-corrected chi connectivity index (χ4v) is 4.32. The van der Waals surface area contributed by atoms with Gasteiger partial charge in [0.2, 0.25) is 0 Å². The van der Waals surface area contributed by atoms with Gasteiger partial charge in [-0.1, -0.05) is 0 Å². The van der Waals surface area contributed by atoms with Crippen molar-refractivity contribution in [1.82, 2.24) is 25.1 Å². The summed E-state index contributed by atoms with van der Waals surface area (Å²) < 4.78 is 56.3. The molecule has 2 aliphatic rings. The maximum absolute atomic E-state index is 13.9. The van der Waals surface area contributed by atoms with E-state index in [2.05, 4.69) is 30.2 Å². The Morgan fingerprint density at radius 3 is 2.74 bits per heavy atom. The van der Waals surface area contributed by atoms with Crippen LogP contribution < -0.4 is 5.32 Å². The predicted molar refractivity (Wildman–Crippen MR) is 110 cm³/mol. The summed E-state index contributed by atoms with van der Waals surface area (Å²) in [5.74, 6) is -0.834. The van der Waals surface area contributed by atoms with E-state index in [1.54, 1.807) is 0 Å². The van der Waals surface area contributed by atoms with Gasteiger partial charge in [0.05, 0.1) is 23.6 Å². The summed E-state index contributed by atoms with van der Waals surface area (Å²) in [7, 11) is 1.36. The quantitative estimate of drug-likeness (QED) is 0.454. The van der Waals surface area contributed by atoms with Crippen molar-refractivity contribution in [3.05, 3.63) is 23.4 Å². The minimum absolute atomic E-state index is 0.0458. The number of likely N-dealkylation sites (N-methyl/N-ethyl adjacent to an activating group) is 1. The van der Waals surface area contributed by atoms with Crippen LogP contribution in [0.15, 0.2) is 17.7 Å². The van der Waals surface area contributed by atoms with E-state index in [0.717, 1.165) is 4.90 Å². The molecule has 1 unspecified atom stereocenters. The number of fused-ring (bicyclic) bond motifs is 1. The number of aliphatic hydroxyl groups is 2. The Bertz CT molecular complexity index is 1090. The standard InChI is InChI=1S/C20H24F4N6O4/c1-30(7-9-6-10(21)2-5-13(9)34-20(22,23)24)19(33)15-14-17(25-8-26-18(14)29-28-15)27-11-3-4-12(31)16(11)32/h8,10-12,16,31-32H,2-7H2,1H3,(H2,25,26,27,28,29)/t10?,11-,12-,16+/m1/s1. The Labute approximate surface area is 191 Å². The zero-order chi connectivity index (χ0) is 24.6. The first kappa shape index (κ1) is 24.1. The number of hydrogen-bond donors (Lipinski definition) is 4. The first-order chi connectivity index (χ1) is 16.0. The third-order valence-electron chi connectivity index (χ3n) is 6.02. The molecule has 2 aliphatic carbocycles. The molecule has 2 aromatic rings. The molecule has 2 aromatic heterocycles. The van der Waals surface area contributed by atoms with E-state index < -0.39 is 36.7 Å². The second-order valence-corrected chi connectivity index (χ2v) is 8.48. The highest BCUT2D eigenvalue weighted by molar-refractivity contribution is 6.07. The highest BCUT2D eigenvalue weighted by atomic mass is 19.4. The van der Waals surface area contributed by atoms with E-state index in [-0.39, 0.29) is 59.7 Å². The number of aromatic amines is 1. The molecule has 10 nitrogen and oxygen atoms in total. The monoisotopic (exact) mass is 488 g/mol. The van der Waals surface area contributed by atoms with Crippen molar-refractivity contribution >= 4 is 22.8 Å². The van der Waals surface area contributed by atoms with Gasteiger partial charge in [0, 0.05) is 26.4 Å². The van der Waals surface area contributed by atoms with E-state index in [1.807, 2.05) is 0 Å². The molecule has 4 N–H and O–H groups in total. The summed E-state index contributed by atoms with van der Waals surface area (Å²) in [6, 6.07) is -0.514. The molecule has 1 saturated carbocycles. The Hall–Kier alpha value is -3.00. The van der Waals surface area contributed by atoms with Gasteiger partial charge in [0.15, 0.2) is 11.3 Å². The molecular formula is C20H24F4N6O4. The summed E-state index contributed by atoms with van der Waals surface area (Å²) >= 11 is 0. The fraction of sp³-hybridized carbons (Fsp3) is 0.600. The number of carbonyl (C=O) groups is 1. The minimum Gasteiger partial charge on any atom is -0.410 e. The van der Waals surface area contributed by atoms with E-state index in [9.17, 15) is 32.6 Å². The van der Waals surface area contributed by atoms with Crippen LogP contribution in [0.3, 0.4) is 0 Å². The number of aromatic nitrogens is 4. The lowest BCUT2D eigenvalue weighted by molar-refractivity contribution is -0.307. The molecule has 4 atom stereocenters. The van der Waals surface area contributed by atoms with E-state index in [4.69, 9.17) is 0 Å². The smallest absolute Gasteiger partial charge is 0.410 e. The number of ether oxygens (including phenoxy) is 1. The second-order valence-electron chi connectivity index (χ2n) is 8.48. The molecule has 0 aromatic carbocycles. The zero-order valence-electron chi connectivity index (χ0n) is 18.1. The number of hydrogen-bond acceptors (Lipinski definition) is 8. The number of allylic oxidation sites excluding steroid dienone is 1. The molecule has 1 fully saturated rings. The number of aliphatic hydroxyl groups excluding tert-OH is 2. The third-order valence-corrected chi connectivity index (χ3v) is 6.02. The molecule has 0 spiro atoms. The van der Waals surface area contributed by atoms with Crippen molar-refractivity contribution in [3.63, 3.8) is 0 Å². The van der Waals surface area contributed by atoms with Crippen LogP contribution in [0.2, 0.25) is 0 Å². The molecule has 34 heavy (non-hydrogen) atoms. The predicted octanol–water partition coefficient (Wildman–Crippen LogP) is 2.03. The number of nitrogens with one attached hydrogen (secondary N) is 2. The van der Waals surface area contributed by atoms with Crippen LogP contribution >= 0.6 is 0 Å². The molecule has 0 saturated heterocycles. The molecular weight excluding hydrogens is 464 g/mol. The average Bonchev–Trinajstić information content (AvgIpc) is 3.34. The van der Waals surface area contributed by atoms with Gasteiger partial charge in [-0.05, 0) is 24.8 Å². The van der Waals surface area contributed by atoms with Gasteiger partial charge in [0.25, 0.3) is 5.91 Å². The van der Waals surface area contributed by atoms with Gasteiger partial charge < -0.3 is 25.2 Å². The second kappa shape index (κ2) is 9.33. The Kier molecular flexibility index (Phi) is 6.62. The Balaban J connectivity index is 1.59. The SMILES string of the molecule is CN(CC1=C(OC(F)(F)F)CCC(F)C1)C(=O)c1n[nH]c2ncnc(N[C@@H]3CC[C@@H](O)[C@H]3O)c12. The lowest BCUT2D eigenvalue weighted by Crippen LogP contribution is -2.35. The molecule has 0 bridgehead atoms.